The first kappa shape index (κ1) is 25.6. The van der Waals surface area contributed by atoms with Crippen LogP contribution in [-0.4, -0.2) is 62.7 Å². The van der Waals surface area contributed by atoms with Crippen molar-refractivity contribution in [1.82, 2.24) is 0 Å². The fourth-order valence-corrected chi connectivity index (χ4v) is 8.74. The molecule has 0 heterocycles. The third-order valence-corrected chi connectivity index (χ3v) is 10.3. The molecule has 0 aromatic carbocycles. The average molecular weight is 545 g/mol. The Morgan fingerprint density at radius 3 is 2.56 bits per heavy atom. The highest BCUT2D eigenvalue weighted by Crippen LogP contribution is 2.72. The zero-order valence-corrected chi connectivity index (χ0v) is 21.3. The van der Waals surface area contributed by atoms with Crippen molar-refractivity contribution in [2.75, 3.05) is 6.61 Å². The molecule has 4 aliphatic rings. The van der Waals surface area contributed by atoms with Gasteiger partial charge in [0.05, 0.1) is 10.9 Å². The number of hydrogen-bond acceptors (Lipinski definition) is 6. The molecule has 34 heavy (non-hydrogen) atoms. The molecule has 0 saturated heterocycles. The molecule has 188 valence electrons. The molecule has 3 fully saturated rings. The second-order valence-electron chi connectivity index (χ2n) is 10.7. The summed E-state index contributed by atoms with van der Waals surface area (Å²) in [5, 5.41) is 21.3. The minimum absolute atomic E-state index is 0.00830. The Hall–Kier alpha value is -1.45. The van der Waals surface area contributed by atoms with E-state index in [1.54, 1.807) is 20.8 Å². The number of fused-ring (bicyclic) bond motifs is 5. The second kappa shape index (κ2) is 8.03. The minimum atomic E-state index is -2.36. The highest BCUT2D eigenvalue weighted by Gasteiger charge is 2.79. The molecule has 0 unspecified atom stereocenters. The van der Waals surface area contributed by atoms with Gasteiger partial charge in [0.2, 0.25) is 5.78 Å². The molecule has 9 heteroatoms. The van der Waals surface area contributed by atoms with Crippen LogP contribution in [-0.2, 0) is 19.1 Å². The van der Waals surface area contributed by atoms with E-state index in [1.165, 1.54) is 19.1 Å². The summed E-state index contributed by atoms with van der Waals surface area (Å²) in [6, 6.07) is 0. The fraction of sp³-hybridized carbons (Fsp3) is 0.720. The molecule has 0 bridgehead atoms. The molecule has 10 atom stereocenters. The average Bonchev–Trinajstić information content (AvgIpc) is 3.00. The first-order chi connectivity index (χ1) is 15.8. The van der Waals surface area contributed by atoms with Gasteiger partial charge in [-0.2, -0.15) is 0 Å². The normalized spacial score (nSPS) is 49.6. The molecular formula is C25H31BrF2O6. The lowest BCUT2D eigenvalue weighted by atomic mass is 9.44. The van der Waals surface area contributed by atoms with Gasteiger partial charge < -0.3 is 14.9 Å². The zero-order chi connectivity index (χ0) is 25.4. The highest BCUT2D eigenvalue weighted by molar-refractivity contribution is 9.09. The number of hydrogen-bond donors (Lipinski definition) is 2. The van der Waals surface area contributed by atoms with Crippen molar-refractivity contribution in [1.29, 1.82) is 0 Å². The third kappa shape index (κ3) is 2.86. The van der Waals surface area contributed by atoms with E-state index in [0.717, 1.165) is 6.08 Å². The molecule has 0 radical (unpaired) electrons. The number of carbonyl (C=O) groups is 3. The summed E-state index contributed by atoms with van der Waals surface area (Å²) in [4.78, 5) is 36.6. The van der Waals surface area contributed by atoms with E-state index in [1.807, 2.05) is 0 Å². The smallest absolute Gasteiger partial charge is 0.306 e. The van der Waals surface area contributed by atoms with Gasteiger partial charge >= 0.3 is 5.97 Å². The lowest BCUT2D eigenvalue weighted by molar-refractivity contribution is -0.229. The summed E-state index contributed by atoms with van der Waals surface area (Å²) in [7, 11) is 0. The van der Waals surface area contributed by atoms with Gasteiger partial charge in [-0.05, 0) is 43.4 Å². The Balaban J connectivity index is 1.92. The fourth-order valence-electron chi connectivity index (χ4n) is 7.70. The van der Waals surface area contributed by atoms with Gasteiger partial charge in [0.25, 0.3) is 0 Å². The van der Waals surface area contributed by atoms with E-state index in [2.05, 4.69) is 15.9 Å². The molecule has 0 spiro atoms. The van der Waals surface area contributed by atoms with E-state index in [4.69, 9.17) is 4.74 Å². The van der Waals surface area contributed by atoms with Crippen LogP contribution in [0.1, 0.15) is 47.0 Å². The lowest BCUT2D eigenvalue weighted by Gasteiger charge is -2.64. The van der Waals surface area contributed by atoms with Crippen LogP contribution in [0.25, 0.3) is 0 Å². The number of rotatable bonds is 4. The molecule has 0 amide bonds. The number of Topliss-reactive ketones (excluding diaryl/α,β-unsaturated/α-hetero) is 1. The van der Waals surface area contributed by atoms with E-state index >= 15 is 8.78 Å². The van der Waals surface area contributed by atoms with Crippen LogP contribution in [0.5, 0.6) is 0 Å². The van der Waals surface area contributed by atoms with Crippen molar-refractivity contribution in [2.24, 2.45) is 28.6 Å². The number of ether oxygens (including phenoxy) is 1. The van der Waals surface area contributed by atoms with E-state index < -0.39 is 81.1 Å². The number of aliphatic hydroxyl groups excluding tert-OH is 2. The van der Waals surface area contributed by atoms with Gasteiger partial charge in [0.1, 0.15) is 12.8 Å². The lowest BCUT2D eigenvalue weighted by Crippen LogP contribution is -2.73. The number of allylic oxidation sites excluding steroid dienone is 4. The standard InChI is InChI=1S/C25H31BrF2O6/c1-5-18(33)34-25(17(32)11-29)12(2)8-14-19-20(26)21(27)15-9-13(30)6-7-22(15,3)24(19,28)16(31)10-23(14,25)4/h6-7,9,12,14,16,19-21,29,31H,5,8,10-11H2,1-4H3/t12-,14+,16+,19-,20+,21+,22+,23+,24-,25-/m1/s1. The maximum absolute atomic E-state index is 17.4. The van der Waals surface area contributed by atoms with Gasteiger partial charge in [-0.3, -0.25) is 14.4 Å². The maximum atomic E-state index is 17.4. The monoisotopic (exact) mass is 544 g/mol. The Morgan fingerprint density at radius 1 is 1.32 bits per heavy atom. The van der Waals surface area contributed by atoms with Crippen molar-refractivity contribution in [2.45, 2.75) is 75.3 Å². The van der Waals surface area contributed by atoms with Crippen LogP contribution in [0.15, 0.2) is 23.8 Å². The van der Waals surface area contributed by atoms with Gasteiger partial charge in [-0.15, -0.1) is 0 Å². The number of halogens is 3. The van der Waals surface area contributed by atoms with Crippen molar-refractivity contribution >= 4 is 33.5 Å². The van der Waals surface area contributed by atoms with E-state index in [0.29, 0.717) is 0 Å². The highest BCUT2D eigenvalue weighted by atomic mass is 79.9. The molecule has 6 nitrogen and oxygen atoms in total. The molecule has 4 rings (SSSR count). The van der Waals surface area contributed by atoms with Gasteiger partial charge in [0.15, 0.2) is 17.1 Å². The van der Waals surface area contributed by atoms with Crippen molar-refractivity contribution in [3.8, 4) is 0 Å². The van der Waals surface area contributed by atoms with Gasteiger partial charge in [0, 0.05) is 29.1 Å². The topological polar surface area (TPSA) is 101 Å². The number of carbonyl (C=O) groups excluding carboxylic acids is 3. The number of alkyl halides is 3. The largest absolute Gasteiger partial charge is 0.450 e. The van der Waals surface area contributed by atoms with Gasteiger partial charge in [-0.25, -0.2) is 8.78 Å². The molecule has 3 saturated carbocycles. The number of aliphatic hydroxyl groups is 2. The molecule has 0 aromatic rings. The Labute approximate surface area is 205 Å². The molecule has 0 aromatic heterocycles. The molecule has 4 aliphatic carbocycles. The van der Waals surface area contributed by atoms with Crippen LogP contribution in [0.3, 0.4) is 0 Å². The van der Waals surface area contributed by atoms with Crippen molar-refractivity contribution < 1.29 is 38.1 Å². The summed E-state index contributed by atoms with van der Waals surface area (Å²) in [6.45, 7) is 5.56. The summed E-state index contributed by atoms with van der Waals surface area (Å²) in [6.07, 6.45) is 0.268. The number of ketones is 2. The minimum Gasteiger partial charge on any atom is -0.450 e. The van der Waals surface area contributed by atoms with Gasteiger partial charge in [-0.1, -0.05) is 42.8 Å². The predicted molar refractivity (Wildman–Crippen MR) is 122 cm³/mol. The summed E-state index contributed by atoms with van der Waals surface area (Å²) >= 11 is 3.36. The van der Waals surface area contributed by atoms with Crippen LogP contribution >= 0.6 is 15.9 Å². The molecular weight excluding hydrogens is 514 g/mol. The first-order valence-electron chi connectivity index (χ1n) is 11.7. The summed E-state index contributed by atoms with van der Waals surface area (Å²) in [5.74, 6) is -4.16. The molecule has 0 aliphatic heterocycles. The van der Waals surface area contributed by atoms with E-state index in [-0.39, 0.29) is 24.8 Å². The van der Waals surface area contributed by atoms with Crippen molar-refractivity contribution in [3.05, 3.63) is 23.8 Å². The van der Waals surface area contributed by atoms with Crippen LogP contribution in [0.4, 0.5) is 8.78 Å². The second-order valence-corrected chi connectivity index (χ2v) is 11.8. The third-order valence-electron chi connectivity index (χ3n) is 9.30. The zero-order valence-electron chi connectivity index (χ0n) is 19.7. The molecule has 2 N–H and O–H groups in total. The number of esters is 1. The van der Waals surface area contributed by atoms with Crippen LogP contribution < -0.4 is 0 Å². The maximum Gasteiger partial charge on any atom is 0.306 e. The SMILES string of the molecule is CCC(=O)O[C@@]1(C(=O)CO)[C@H](C)C[C@H]2[C@@H]3[C@H](Br)[C@@H](F)C4=CC(=O)C=C[C@]4(C)[C@@]3(F)[C@@H](O)C[C@@]21C. The Kier molecular flexibility index (Phi) is 6.06. The first-order valence-corrected chi connectivity index (χ1v) is 12.6. The Bertz CT molecular complexity index is 998. The van der Waals surface area contributed by atoms with E-state index in [9.17, 15) is 24.6 Å². The van der Waals surface area contributed by atoms with Crippen molar-refractivity contribution in [3.63, 3.8) is 0 Å². The quantitative estimate of drug-likeness (QED) is 0.416. The predicted octanol–water partition coefficient (Wildman–Crippen LogP) is 3.18. The Morgan fingerprint density at radius 2 is 1.97 bits per heavy atom. The summed E-state index contributed by atoms with van der Waals surface area (Å²) < 4.78 is 39.0. The summed E-state index contributed by atoms with van der Waals surface area (Å²) in [5.41, 5.74) is -7.00. The van der Waals surface area contributed by atoms with Crippen LogP contribution in [0.2, 0.25) is 0 Å². The van der Waals surface area contributed by atoms with Crippen LogP contribution in [0, 0.1) is 28.6 Å².